The van der Waals surface area contributed by atoms with Crippen molar-refractivity contribution in [2.24, 2.45) is 0 Å². The molecule has 0 amide bonds. The molecule has 1 aliphatic rings. The maximum Gasteiger partial charge on any atom is 0.492 e. The number of aromatic amines is 1. The van der Waals surface area contributed by atoms with Gasteiger partial charge < -0.3 is 14.8 Å². The lowest BCUT2D eigenvalue weighted by Gasteiger charge is -2.23. The van der Waals surface area contributed by atoms with Crippen molar-refractivity contribution in [2.45, 2.75) is 25.7 Å². The summed E-state index contributed by atoms with van der Waals surface area (Å²) in [5, 5.41) is 29.0. The first-order valence-corrected chi connectivity index (χ1v) is 9.50. The highest BCUT2D eigenvalue weighted by Gasteiger charge is 2.25. The number of H-pyrrole nitrogens is 1. The number of fused-ring (bicyclic) bond motifs is 5. The van der Waals surface area contributed by atoms with Crippen LogP contribution in [0.5, 0.6) is 5.75 Å². The fraction of sp³-hybridized carbons (Fsp3) is 0.238. The van der Waals surface area contributed by atoms with Crippen molar-refractivity contribution in [3.8, 4) is 17.0 Å². The van der Waals surface area contributed by atoms with E-state index in [1.165, 1.54) is 16.5 Å². The van der Waals surface area contributed by atoms with Crippen LogP contribution in [-0.4, -0.2) is 39.5 Å². The highest BCUT2D eigenvalue weighted by molar-refractivity contribution is 6.60. The number of aromatic nitrogens is 3. The standard InChI is InChI=1S/C21H20BN3O3/c1-28-21-14(7-4-8-16(21)22(26)27)20-13-6-3-2-5-12(13)19-15-11-23-25-17(15)9-10-18(19)24-20/h4,7-11,26-27H,2-3,5-6H2,1H3,(H,23,25). The van der Waals surface area contributed by atoms with Crippen molar-refractivity contribution < 1.29 is 14.8 Å². The number of benzene rings is 2. The smallest absolute Gasteiger partial charge is 0.492 e. The second-order valence-electron chi connectivity index (χ2n) is 7.22. The summed E-state index contributed by atoms with van der Waals surface area (Å²) in [7, 11) is -0.0514. The van der Waals surface area contributed by atoms with Gasteiger partial charge in [0.15, 0.2) is 0 Å². The van der Waals surface area contributed by atoms with Crippen LogP contribution in [0, 0.1) is 0 Å². The van der Waals surface area contributed by atoms with E-state index in [2.05, 4.69) is 10.2 Å². The van der Waals surface area contributed by atoms with E-state index in [0.717, 1.165) is 53.4 Å². The summed E-state index contributed by atoms with van der Waals surface area (Å²) in [6, 6.07) is 9.43. The van der Waals surface area contributed by atoms with Gasteiger partial charge in [-0.2, -0.15) is 5.10 Å². The molecule has 5 rings (SSSR count). The number of ether oxygens (including phenoxy) is 1. The Morgan fingerprint density at radius 1 is 1.07 bits per heavy atom. The molecule has 0 spiro atoms. The average molecular weight is 373 g/mol. The molecule has 6 nitrogen and oxygen atoms in total. The van der Waals surface area contributed by atoms with Crippen LogP contribution >= 0.6 is 0 Å². The van der Waals surface area contributed by atoms with Gasteiger partial charge in [0, 0.05) is 21.8 Å². The number of pyridine rings is 1. The van der Waals surface area contributed by atoms with E-state index in [9.17, 15) is 10.0 Å². The number of hydrogen-bond acceptors (Lipinski definition) is 5. The molecule has 0 aliphatic heterocycles. The second-order valence-corrected chi connectivity index (χ2v) is 7.22. The lowest BCUT2D eigenvalue weighted by atomic mass is 9.77. The van der Waals surface area contributed by atoms with E-state index in [0.29, 0.717) is 11.2 Å². The Kier molecular flexibility index (Phi) is 4.07. The van der Waals surface area contributed by atoms with E-state index in [-0.39, 0.29) is 0 Å². The van der Waals surface area contributed by atoms with Crippen LogP contribution in [0.2, 0.25) is 0 Å². The molecule has 140 valence electrons. The summed E-state index contributed by atoms with van der Waals surface area (Å²) in [5.74, 6) is 0.460. The molecule has 7 heteroatoms. The fourth-order valence-electron chi connectivity index (χ4n) is 4.44. The van der Waals surface area contributed by atoms with Gasteiger partial charge in [0.1, 0.15) is 5.75 Å². The molecule has 0 fully saturated rings. The van der Waals surface area contributed by atoms with E-state index in [1.54, 1.807) is 13.2 Å². The van der Waals surface area contributed by atoms with Crippen LogP contribution < -0.4 is 10.2 Å². The molecule has 1 aliphatic carbocycles. The van der Waals surface area contributed by atoms with Crippen molar-refractivity contribution in [3.05, 3.63) is 47.7 Å². The molecule has 0 saturated heterocycles. The first kappa shape index (κ1) is 17.2. The number of hydrogen-bond donors (Lipinski definition) is 3. The van der Waals surface area contributed by atoms with Gasteiger partial charge in [-0.3, -0.25) is 5.10 Å². The van der Waals surface area contributed by atoms with E-state index in [4.69, 9.17) is 9.72 Å². The minimum absolute atomic E-state index is 0.344. The fourth-order valence-corrected chi connectivity index (χ4v) is 4.44. The Morgan fingerprint density at radius 3 is 2.68 bits per heavy atom. The van der Waals surface area contributed by atoms with Crippen molar-refractivity contribution in [2.75, 3.05) is 7.11 Å². The quantitative estimate of drug-likeness (QED) is 0.480. The average Bonchev–Trinajstić information content (AvgIpc) is 3.21. The Morgan fingerprint density at radius 2 is 1.89 bits per heavy atom. The Bertz CT molecular complexity index is 1200. The van der Waals surface area contributed by atoms with Gasteiger partial charge in [0.25, 0.3) is 0 Å². The summed E-state index contributed by atoms with van der Waals surface area (Å²) in [4.78, 5) is 5.01. The van der Waals surface area contributed by atoms with Gasteiger partial charge in [-0.25, -0.2) is 4.98 Å². The van der Waals surface area contributed by atoms with Crippen molar-refractivity contribution in [1.29, 1.82) is 0 Å². The Balaban J connectivity index is 1.87. The van der Waals surface area contributed by atoms with Crippen molar-refractivity contribution in [3.63, 3.8) is 0 Å². The predicted octanol–water partition coefficient (Wildman–Crippen LogP) is 2.35. The molecule has 2 aromatic heterocycles. The molecular weight excluding hydrogens is 353 g/mol. The molecule has 0 saturated carbocycles. The van der Waals surface area contributed by atoms with Gasteiger partial charge in [-0.1, -0.05) is 12.1 Å². The van der Waals surface area contributed by atoms with Crippen LogP contribution in [0.3, 0.4) is 0 Å². The summed E-state index contributed by atoms with van der Waals surface area (Å²) in [6.45, 7) is 0. The van der Waals surface area contributed by atoms with Gasteiger partial charge in [0.2, 0.25) is 0 Å². The van der Waals surface area contributed by atoms with E-state index >= 15 is 0 Å². The number of nitrogens with zero attached hydrogens (tertiary/aromatic N) is 2. The number of para-hydroxylation sites is 1. The third-order valence-corrected chi connectivity index (χ3v) is 5.67. The van der Waals surface area contributed by atoms with Crippen LogP contribution in [0.25, 0.3) is 33.1 Å². The van der Waals surface area contributed by atoms with Gasteiger partial charge in [0.05, 0.1) is 30.0 Å². The SMILES string of the molecule is COc1c(B(O)O)cccc1-c1nc2ccc3[nH]ncc3c2c2c1CCCC2. The zero-order valence-electron chi connectivity index (χ0n) is 15.6. The maximum absolute atomic E-state index is 9.76. The normalized spacial score (nSPS) is 13.7. The topological polar surface area (TPSA) is 91.3 Å². The second kappa shape index (κ2) is 6.62. The van der Waals surface area contributed by atoms with E-state index < -0.39 is 7.12 Å². The Hall–Kier alpha value is -2.90. The summed E-state index contributed by atoms with van der Waals surface area (Å²) >= 11 is 0. The molecule has 3 N–H and O–H groups in total. The summed E-state index contributed by atoms with van der Waals surface area (Å²) in [6.07, 6.45) is 6.07. The molecular formula is C21H20BN3O3. The van der Waals surface area contributed by atoms with E-state index in [1.807, 2.05) is 30.5 Å². The summed E-state index contributed by atoms with van der Waals surface area (Å²) < 4.78 is 5.58. The Labute approximate surface area is 162 Å². The number of methoxy groups -OCH3 is 1. The van der Waals surface area contributed by atoms with Crippen LogP contribution in [0.15, 0.2) is 36.5 Å². The number of aryl methyl sites for hydroxylation is 1. The third kappa shape index (κ3) is 2.51. The molecule has 2 heterocycles. The minimum Gasteiger partial charge on any atom is -0.496 e. The van der Waals surface area contributed by atoms with Crippen LogP contribution in [-0.2, 0) is 12.8 Å². The summed E-state index contributed by atoms with van der Waals surface area (Å²) in [5.41, 5.74) is 6.46. The van der Waals surface area contributed by atoms with Crippen molar-refractivity contribution >= 4 is 34.4 Å². The van der Waals surface area contributed by atoms with Crippen LogP contribution in [0.1, 0.15) is 24.0 Å². The highest BCUT2D eigenvalue weighted by Crippen LogP contribution is 2.39. The zero-order valence-corrected chi connectivity index (χ0v) is 15.6. The molecule has 4 aromatic rings. The molecule has 0 radical (unpaired) electrons. The lowest BCUT2D eigenvalue weighted by Crippen LogP contribution is -2.31. The highest BCUT2D eigenvalue weighted by atomic mass is 16.5. The first-order chi connectivity index (χ1) is 13.7. The van der Waals surface area contributed by atoms with Gasteiger partial charge in [-0.15, -0.1) is 0 Å². The predicted molar refractivity (Wildman–Crippen MR) is 110 cm³/mol. The zero-order chi connectivity index (χ0) is 19.3. The molecule has 2 aromatic carbocycles. The largest absolute Gasteiger partial charge is 0.496 e. The number of rotatable bonds is 3. The lowest BCUT2D eigenvalue weighted by molar-refractivity contribution is 0.404. The van der Waals surface area contributed by atoms with Crippen LogP contribution in [0.4, 0.5) is 0 Å². The molecule has 0 unspecified atom stereocenters. The molecule has 0 bridgehead atoms. The minimum atomic E-state index is -1.60. The van der Waals surface area contributed by atoms with Gasteiger partial charge in [-0.05, 0) is 55.0 Å². The number of nitrogens with one attached hydrogen (secondary N) is 1. The maximum atomic E-state index is 9.76. The monoisotopic (exact) mass is 373 g/mol. The molecule has 0 atom stereocenters. The van der Waals surface area contributed by atoms with Gasteiger partial charge >= 0.3 is 7.12 Å². The van der Waals surface area contributed by atoms with Crippen molar-refractivity contribution in [1.82, 2.24) is 15.2 Å². The first-order valence-electron chi connectivity index (χ1n) is 9.50. The third-order valence-electron chi connectivity index (χ3n) is 5.67. The molecule has 28 heavy (non-hydrogen) atoms.